The summed E-state index contributed by atoms with van der Waals surface area (Å²) in [5, 5.41) is 0. The SMILES string of the molecule is CCc1cc(Br)ccc1-n1cccc1C=O. The summed E-state index contributed by atoms with van der Waals surface area (Å²) in [6, 6.07) is 9.79. The van der Waals surface area contributed by atoms with Crippen molar-refractivity contribution in [3.63, 3.8) is 0 Å². The molecule has 0 bridgehead atoms. The van der Waals surface area contributed by atoms with Gasteiger partial charge in [0.2, 0.25) is 0 Å². The molecule has 0 atom stereocenters. The first-order valence-corrected chi connectivity index (χ1v) is 5.97. The Balaban J connectivity index is 2.59. The summed E-state index contributed by atoms with van der Waals surface area (Å²) in [7, 11) is 0. The largest absolute Gasteiger partial charge is 0.314 e. The number of aldehydes is 1. The highest BCUT2D eigenvalue weighted by Crippen LogP contribution is 2.22. The van der Waals surface area contributed by atoms with Crippen molar-refractivity contribution < 1.29 is 4.79 Å². The Bertz CT molecular complexity index is 516. The van der Waals surface area contributed by atoms with Gasteiger partial charge in [-0.1, -0.05) is 22.9 Å². The number of aromatic nitrogens is 1. The number of carbonyl (C=O) groups is 1. The minimum atomic E-state index is 0.678. The molecule has 0 radical (unpaired) electrons. The van der Waals surface area contributed by atoms with E-state index in [0.29, 0.717) is 5.69 Å². The van der Waals surface area contributed by atoms with Crippen molar-refractivity contribution in [3.8, 4) is 5.69 Å². The molecule has 0 aliphatic carbocycles. The van der Waals surface area contributed by atoms with Crippen LogP contribution < -0.4 is 0 Å². The maximum absolute atomic E-state index is 10.9. The molecule has 2 aromatic rings. The van der Waals surface area contributed by atoms with Gasteiger partial charge in [0.15, 0.2) is 6.29 Å². The average Bonchev–Trinajstić information content (AvgIpc) is 2.76. The Morgan fingerprint density at radius 3 is 2.88 bits per heavy atom. The van der Waals surface area contributed by atoms with Crippen LogP contribution in [-0.2, 0) is 6.42 Å². The first-order chi connectivity index (χ1) is 7.76. The molecule has 0 aliphatic heterocycles. The molecular weight excluding hydrogens is 266 g/mol. The topological polar surface area (TPSA) is 22.0 Å². The Morgan fingerprint density at radius 2 is 2.19 bits per heavy atom. The van der Waals surface area contributed by atoms with Crippen LogP contribution in [0.1, 0.15) is 23.0 Å². The van der Waals surface area contributed by atoms with Crippen LogP contribution in [-0.4, -0.2) is 10.9 Å². The van der Waals surface area contributed by atoms with E-state index in [2.05, 4.69) is 28.9 Å². The van der Waals surface area contributed by atoms with Crippen molar-refractivity contribution in [3.05, 3.63) is 52.3 Å². The van der Waals surface area contributed by atoms with Gasteiger partial charge in [-0.25, -0.2) is 0 Å². The normalized spacial score (nSPS) is 10.4. The van der Waals surface area contributed by atoms with Crippen molar-refractivity contribution in [1.29, 1.82) is 0 Å². The molecule has 2 nitrogen and oxygen atoms in total. The Labute approximate surface area is 103 Å². The standard InChI is InChI=1S/C13H12BrNO/c1-2-10-8-11(14)5-6-13(10)15-7-3-4-12(15)9-16/h3-9H,2H2,1H3. The lowest BCUT2D eigenvalue weighted by atomic mass is 10.1. The van der Waals surface area contributed by atoms with E-state index < -0.39 is 0 Å². The van der Waals surface area contributed by atoms with E-state index >= 15 is 0 Å². The fourth-order valence-electron chi connectivity index (χ4n) is 1.78. The van der Waals surface area contributed by atoms with Gasteiger partial charge in [0.1, 0.15) is 0 Å². The van der Waals surface area contributed by atoms with Gasteiger partial charge in [-0.2, -0.15) is 0 Å². The molecule has 0 amide bonds. The summed E-state index contributed by atoms with van der Waals surface area (Å²) in [6.07, 6.45) is 3.72. The first-order valence-electron chi connectivity index (χ1n) is 5.17. The number of hydrogen-bond acceptors (Lipinski definition) is 1. The van der Waals surface area contributed by atoms with Gasteiger partial charge in [0, 0.05) is 16.4 Å². The molecule has 2 rings (SSSR count). The molecule has 0 fully saturated rings. The van der Waals surface area contributed by atoms with Crippen molar-refractivity contribution in [1.82, 2.24) is 4.57 Å². The van der Waals surface area contributed by atoms with Gasteiger partial charge >= 0.3 is 0 Å². The highest BCUT2D eigenvalue weighted by Gasteiger charge is 2.06. The second-order valence-corrected chi connectivity index (χ2v) is 4.46. The summed E-state index contributed by atoms with van der Waals surface area (Å²) in [5.41, 5.74) is 2.96. The van der Waals surface area contributed by atoms with Crippen molar-refractivity contribution in [2.45, 2.75) is 13.3 Å². The molecular formula is C13H12BrNO. The van der Waals surface area contributed by atoms with E-state index in [1.807, 2.05) is 35.0 Å². The zero-order valence-electron chi connectivity index (χ0n) is 8.98. The fourth-order valence-corrected chi connectivity index (χ4v) is 2.19. The fraction of sp³-hybridized carbons (Fsp3) is 0.154. The zero-order valence-corrected chi connectivity index (χ0v) is 10.6. The number of halogens is 1. The third-order valence-electron chi connectivity index (χ3n) is 2.58. The minimum Gasteiger partial charge on any atom is -0.314 e. The first kappa shape index (κ1) is 11.1. The minimum absolute atomic E-state index is 0.678. The zero-order chi connectivity index (χ0) is 11.5. The second kappa shape index (κ2) is 4.66. The van der Waals surface area contributed by atoms with Crippen LogP contribution >= 0.6 is 15.9 Å². The maximum Gasteiger partial charge on any atom is 0.166 e. The molecule has 0 saturated carbocycles. The van der Waals surface area contributed by atoms with Crippen LogP contribution in [0.3, 0.4) is 0 Å². The third-order valence-corrected chi connectivity index (χ3v) is 3.08. The molecule has 3 heteroatoms. The van der Waals surface area contributed by atoms with Gasteiger partial charge in [0.05, 0.1) is 5.69 Å². The molecule has 0 N–H and O–H groups in total. The molecule has 0 aliphatic rings. The number of carbonyl (C=O) groups excluding carboxylic acids is 1. The van der Waals surface area contributed by atoms with E-state index in [1.54, 1.807) is 0 Å². The van der Waals surface area contributed by atoms with Gasteiger partial charge in [0.25, 0.3) is 0 Å². The van der Waals surface area contributed by atoms with Crippen LogP contribution in [0, 0.1) is 0 Å². The molecule has 1 aromatic heterocycles. The Kier molecular flexibility index (Phi) is 3.25. The number of hydrogen-bond donors (Lipinski definition) is 0. The molecule has 0 unspecified atom stereocenters. The van der Waals surface area contributed by atoms with E-state index in [9.17, 15) is 4.79 Å². The predicted octanol–water partition coefficient (Wildman–Crippen LogP) is 3.61. The molecule has 1 heterocycles. The summed E-state index contributed by atoms with van der Waals surface area (Å²) in [4.78, 5) is 10.9. The molecule has 0 saturated heterocycles. The quantitative estimate of drug-likeness (QED) is 0.786. The smallest absolute Gasteiger partial charge is 0.166 e. The second-order valence-electron chi connectivity index (χ2n) is 3.55. The summed E-state index contributed by atoms with van der Waals surface area (Å²) >= 11 is 3.46. The Hall–Kier alpha value is -1.35. The van der Waals surface area contributed by atoms with Crippen molar-refractivity contribution in [2.24, 2.45) is 0 Å². The van der Waals surface area contributed by atoms with E-state index in [0.717, 1.165) is 22.9 Å². The maximum atomic E-state index is 10.9. The number of rotatable bonds is 3. The number of benzene rings is 1. The monoisotopic (exact) mass is 277 g/mol. The van der Waals surface area contributed by atoms with Crippen LogP contribution in [0.25, 0.3) is 5.69 Å². The highest BCUT2D eigenvalue weighted by molar-refractivity contribution is 9.10. The molecule has 82 valence electrons. The van der Waals surface area contributed by atoms with Crippen molar-refractivity contribution in [2.75, 3.05) is 0 Å². The lowest BCUT2D eigenvalue weighted by Crippen LogP contribution is -2.01. The Morgan fingerprint density at radius 1 is 1.38 bits per heavy atom. The lowest BCUT2D eigenvalue weighted by Gasteiger charge is -2.11. The van der Waals surface area contributed by atoms with Gasteiger partial charge in [-0.15, -0.1) is 0 Å². The molecule has 0 spiro atoms. The number of aryl methyl sites for hydroxylation is 1. The average molecular weight is 278 g/mol. The van der Waals surface area contributed by atoms with Crippen LogP contribution in [0.4, 0.5) is 0 Å². The predicted molar refractivity (Wildman–Crippen MR) is 68.2 cm³/mol. The van der Waals surface area contributed by atoms with Crippen LogP contribution in [0.15, 0.2) is 41.0 Å². The molecule has 1 aromatic carbocycles. The highest BCUT2D eigenvalue weighted by atomic mass is 79.9. The van der Waals surface area contributed by atoms with Crippen LogP contribution in [0.2, 0.25) is 0 Å². The van der Waals surface area contributed by atoms with Gasteiger partial charge in [-0.3, -0.25) is 4.79 Å². The van der Waals surface area contributed by atoms with E-state index in [4.69, 9.17) is 0 Å². The lowest BCUT2D eigenvalue weighted by molar-refractivity contribution is 0.111. The molecule has 16 heavy (non-hydrogen) atoms. The van der Waals surface area contributed by atoms with Gasteiger partial charge in [-0.05, 0) is 42.3 Å². The summed E-state index contributed by atoms with van der Waals surface area (Å²) < 4.78 is 2.98. The van der Waals surface area contributed by atoms with Crippen molar-refractivity contribution >= 4 is 22.2 Å². The van der Waals surface area contributed by atoms with Gasteiger partial charge < -0.3 is 4.57 Å². The summed E-state index contributed by atoms with van der Waals surface area (Å²) in [5.74, 6) is 0. The van der Waals surface area contributed by atoms with E-state index in [-0.39, 0.29) is 0 Å². The van der Waals surface area contributed by atoms with Crippen LogP contribution in [0.5, 0.6) is 0 Å². The van der Waals surface area contributed by atoms with E-state index in [1.165, 1.54) is 5.56 Å². The summed E-state index contributed by atoms with van der Waals surface area (Å²) in [6.45, 7) is 2.11. The third kappa shape index (κ3) is 1.95. The number of nitrogens with zero attached hydrogens (tertiary/aromatic N) is 1.